The minimum Gasteiger partial charge on any atom is -0.361 e. The first-order valence-electron chi connectivity index (χ1n) is 4.19. The first-order chi connectivity index (χ1) is 6.74. The van der Waals surface area contributed by atoms with Crippen molar-refractivity contribution < 1.29 is 9.58 Å². The van der Waals surface area contributed by atoms with Gasteiger partial charge in [-0.1, -0.05) is 30.3 Å². The highest BCUT2D eigenvalue weighted by Crippen LogP contribution is 2.05. The van der Waals surface area contributed by atoms with Gasteiger partial charge in [0.25, 0.3) is 5.78 Å². The van der Waals surface area contributed by atoms with Gasteiger partial charge in [-0.25, -0.2) is 0 Å². The molecule has 0 N–H and O–H groups in total. The Morgan fingerprint density at radius 1 is 1.36 bits per heavy atom. The van der Waals surface area contributed by atoms with Gasteiger partial charge in [0.15, 0.2) is 0 Å². The normalized spacial score (nSPS) is 10.5. The lowest BCUT2D eigenvalue weighted by Gasteiger charge is -1.93. The highest BCUT2D eigenvalue weighted by Gasteiger charge is 2.04. The maximum absolute atomic E-state index is 11.2. The number of benzene rings is 1. The molecule has 0 unspecified atom stereocenters. The summed E-state index contributed by atoms with van der Waals surface area (Å²) in [5.74, 6) is -0.295. The van der Waals surface area contributed by atoms with E-state index in [9.17, 15) is 4.79 Å². The smallest absolute Gasteiger partial charge is 0.327 e. The molecular formula is C11H10N2O. The van der Waals surface area contributed by atoms with Gasteiger partial charge in [-0.15, -0.1) is 0 Å². The summed E-state index contributed by atoms with van der Waals surface area (Å²) in [4.78, 5) is 13.9. The highest BCUT2D eigenvalue weighted by atomic mass is 16.1. The van der Waals surface area contributed by atoms with Crippen molar-refractivity contribution in [2.24, 2.45) is 0 Å². The average Bonchev–Trinajstić information content (AvgIpc) is 2.19. The lowest BCUT2D eigenvalue weighted by atomic mass is 10.1. The van der Waals surface area contributed by atoms with Crippen LogP contribution in [-0.2, 0) is 4.79 Å². The minimum absolute atomic E-state index is 0.295. The molecule has 0 atom stereocenters. The molecule has 1 aromatic carbocycles. The van der Waals surface area contributed by atoms with Crippen LogP contribution in [0.5, 0.6) is 0 Å². The second-order valence-corrected chi connectivity index (χ2v) is 2.85. The second-order valence-electron chi connectivity index (χ2n) is 2.85. The fourth-order valence-corrected chi connectivity index (χ4v) is 1.02. The number of hydrogen-bond acceptors (Lipinski definition) is 1. The Balaban J connectivity index is 2.89. The Labute approximate surface area is 82.3 Å². The van der Waals surface area contributed by atoms with E-state index in [1.807, 2.05) is 30.3 Å². The van der Waals surface area contributed by atoms with E-state index in [2.05, 4.69) is 4.79 Å². The summed E-state index contributed by atoms with van der Waals surface area (Å²) in [7, 11) is 0. The fraction of sp³-hybridized carbons (Fsp3) is 0.0909. The van der Waals surface area contributed by atoms with Crippen LogP contribution < -0.4 is 0 Å². The Morgan fingerprint density at radius 2 is 2.00 bits per heavy atom. The van der Waals surface area contributed by atoms with Crippen LogP contribution in [0.3, 0.4) is 0 Å². The van der Waals surface area contributed by atoms with E-state index < -0.39 is 0 Å². The van der Waals surface area contributed by atoms with Crippen LogP contribution in [0.15, 0.2) is 35.9 Å². The minimum atomic E-state index is -0.295. The number of rotatable bonds is 3. The first kappa shape index (κ1) is 10.1. The molecule has 14 heavy (non-hydrogen) atoms. The maximum Gasteiger partial charge on any atom is 0.327 e. The first-order valence-corrected chi connectivity index (χ1v) is 4.19. The van der Waals surface area contributed by atoms with Crippen molar-refractivity contribution in [1.82, 2.24) is 0 Å². The number of carbonyl (C=O) groups excluding carboxylic acids is 1. The number of hydrogen-bond donors (Lipinski definition) is 0. The third-order valence-corrected chi connectivity index (χ3v) is 1.75. The van der Waals surface area contributed by atoms with Gasteiger partial charge in [-0.05, 0) is 18.6 Å². The summed E-state index contributed by atoms with van der Waals surface area (Å²) in [5.41, 5.74) is 9.66. The van der Waals surface area contributed by atoms with Crippen molar-refractivity contribution in [2.45, 2.75) is 6.92 Å². The van der Waals surface area contributed by atoms with Gasteiger partial charge in [-0.3, -0.25) is 4.79 Å². The summed E-state index contributed by atoms with van der Waals surface area (Å²) in [6.07, 6.45) is 2.62. The molecule has 0 aliphatic carbocycles. The zero-order chi connectivity index (χ0) is 10.4. The predicted molar refractivity (Wildman–Crippen MR) is 54.8 cm³/mol. The standard InChI is InChI=1S/C11H10N2O/c1-9(11(14)8-13-12)7-10-5-3-2-4-6-10/h2-8H,1H3/b9-7+. The van der Waals surface area contributed by atoms with E-state index in [0.717, 1.165) is 11.8 Å². The van der Waals surface area contributed by atoms with Crippen molar-refractivity contribution in [3.63, 3.8) is 0 Å². The molecule has 3 heteroatoms. The van der Waals surface area contributed by atoms with Gasteiger partial charge in [-0.2, -0.15) is 4.79 Å². The van der Waals surface area contributed by atoms with Crippen LogP contribution in [0.4, 0.5) is 0 Å². The summed E-state index contributed by atoms with van der Waals surface area (Å²) in [5, 5.41) is 0. The molecule has 0 radical (unpaired) electrons. The molecule has 0 aliphatic rings. The molecule has 3 nitrogen and oxygen atoms in total. The topological polar surface area (TPSA) is 53.5 Å². The summed E-state index contributed by atoms with van der Waals surface area (Å²) in [6, 6.07) is 9.48. The van der Waals surface area contributed by atoms with Crippen LogP contribution in [0.25, 0.3) is 11.6 Å². The molecule has 0 aliphatic heterocycles. The summed E-state index contributed by atoms with van der Waals surface area (Å²) < 4.78 is 0. The van der Waals surface area contributed by atoms with Crippen molar-refractivity contribution in [3.8, 4) is 0 Å². The second kappa shape index (κ2) is 4.90. The zero-order valence-electron chi connectivity index (χ0n) is 7.84. The lowest BCUT2D eigenvalue weighted by Crippen LogP contribution is -2.00. The molecule has 0 heterocycles. The van der Waals surface area contributed by atoms with Crippen LogP contribution in [0.1, 0.15) is 12.5 Å². The SMILES string of the molecule is C/C(=C\c1ccccc1)C(=O)C=[N+]=[N-]. The van der Waals surface area contributed by atoms with E-state index in [0.29, 0.717) is 5.57 Å². The van der Waals surface area contributed by atoms with Crippen molar-refractivity contribution in [1.29, 1.82) is 0 Å². The molecule has 0 fully saturated rings. The molecule has 1 rings (SSSR count). The molecule has 70 valence electrons. The lowest BCUT2D eigenvalue weighted by molar-refractivity contribution is -0.112. The number of allylic oxidation sites excluding steroid dienone is 1. The molecule has 1 aromatic rings. The molecule has 0 amide bonds. The number of Topliss-reactive ketones (excluding diaryl/α,β-unsaturated/α-hetero) is 1. The van der Waals surface area contributed by atoms with Crippen LogP contribution in [0.2, 0.25) is 0 Å². The maximum atomic E-state index is 11.2. The Kier molecular flexibility index (Phi) is 3.53. The zero-order valence-corrected chi connectivity index (χ0v) is 7.84. The number of ketones is 1. The molecule has 0 spiro atoms. The number of carbonyl (C=O) groups is 1. The van der Waals surface area contributed by atoms with Crippen molar-refractivity contribution >= 4 is 18.1 Å². The number of nitrogens with zero attached hydrogens (tertiary/aromatic N) is 2. The Morgan fingerprint density at radius 3 is 2.57 bits per heavy atom. The third kappa shape index (κ3) is 2.81. The Bertz CT molecular complexity index is 401. The average molecular weight is 186 g/mol. The molecule has 0 aromatic heterocycles. The fourth-order valence-electron chi connectivity index (χ4n) is 1.02. The van der Waals surface area contributed by atoms with E-state index in [-0.39, 0.29) is 5.78 Å². The quantitative estimate of drug-likeness (QED) is 0.308. The van der Waals surface area contributed by atoms with Gasteiger partial charge in [0.1, 0.15) is 0 Å². The van der Waals surface area contributed by atoms with Crippen LogP contribution in [0, 0.1) is 0 Å². The van der Waals surface area contributed by atoms with Gasteiger partial charge in [0, 0.05) is 5.57 Å². The highest BCUT2D eigenvalue weighted by molar-refractivity contribution is 6.34. The van der Waals surface area contributed by atoms with E-state index in [1.165, 1.54) is 0 Å². The largest absolute Gasteiger partial charge is 0.361 e. The Hall–Kier alpha value is -1.99. The molecule has 0 bridgehead atoms. The predicted octanol–water partition coefficient (Wildman–Crippen LogP) is 1.96. The monoisotopic (exact) mass is 186 g/mol. The van der Waals surface area contributed by atoms with Crippen molar-refractivity contribution in [3.05, 3.63) is 47.0 Å². The third-order valence-electron chi connectivity index (χ3n) is 1.75. The van der Waals surface area contributed by atoms with Gasteiger partial charge in [0.2, 0.25) is 0 Å². The van der Waals surface area contributed by atoms with Crippen LogP contribution >= 0.6 is 0 Å². The van der Waals surface area contributed by atoms with Crippen LogP contribution in [-0.4, -0.2) is 16.8 Å². The summed E-state index contributed by atoms with van der Waals surface area (Å²) >= 11 is 0. The van der Waals surface area contributed by atoms with E-state index in [1.54, 1.807) is 13.0 Å². The molecule has 0 saturated carbocycles. The van der Waals surface area contributed by atoms with Crippen molar-refractivity contribution in [2.75, 3.05) is 0 Å². The van der Waals surface area contributed by atoms with Gasteiger partial charge < -0.3 is 5.53 Å². The summed E-state index contributed by atoms with van der Waals surface area (Å²) in [6.45, 7) is 1.68. The van der Waals surface area contributed by atoms with E-state index >= 15 is 0 Å². The van der Waals surface area contributed by atoms with Gasteiger partial charge >= 0.3 is 6.21 Å². The molecular weight excluding hydrogens is 176 g/mol. The molecule has 0 saturated heterocycles. The van der Waals surface area contributed by atoms with E-state index in [4.69, 9.17) is 5.53 Å². The van der Waals surface area contributed by atoms with Gasteiger partial charge in [0.05, 0.1) is 0 Å².